The van der Waals surface area contributed by atoms with Crippen LogP contribution in [0.3, 0.4) is 0 Å². The molecule has 6 heteroatoms. The van der Waals surface area contributed by atoms with Crippen LogP contribution in [0.5, 0.6) is 0 Å². The third-order valence-corrected chi connectivity index (χ3v) is 5.30. The molecule has 6 nitrogen and oxygen atoms in total. The van der Waals surface area contributed by atoms with E-state index in [0.717, 1.165) is 11.1 Å². The van der Waals surface area contributed by atoms with Crippen LogP contribution in [-0.4, -0.2) is 16.4 Å². The molecule has 4 rings (SSSR count). The second-order valence-corrected chi connectivity index (χ2v) is 7.18. The van der Waals surface area contributed by atoms with Crippen molar-refractivity contribution in [3.05, 3.63) is 99.0 Å². The molecule has 1 aliphatic heterocycles. The lowest BCUT2D eigenvalue weighted by Crippen LogP contribution is -2.32. The summed E-state index contributed by atoms with van der Waals surface area (Å²) in [5, 5.41) is 5.54. The van der Waals surface area contributed by atoms with Gasteiger partial charge in [-0.2, -0.15) is 0 Å². The van der Waals surface area contributed by atoms with Crippen LogP contribution >= 0.6 is 0 Å². The second kappa shape index (κ2) is 7.39. The average molecular weight is 387 g/mol. The van der Waals surface area contributed by atoms with Crippen molar-refractivity contribution in [3.63, 3.8) is 0 Å². The van der Waals surface area contributed by atoms with Crippen LogP contribution in [0.2, 0.25) is 0 Å². The smallest absolute Gasteiger partial charge is 0.264 e. The summed E-state index contributed by atoms with van der Waals surface area (Å²) >= 11 is 0. The fraction of sp³-hybridized carbons (Fsp3) is 0.174. The lowest BCUT2D eigenvalue weighted by atomic mass is 10.1. The van der Waals surface area contributed by atoms with Crippen molar-refractivity contribution in [2.75, 3.05) is 5.32 Å². The minimum atomic E-state index is -0.459. The minimum Gasteiger partial charge on any atom is -0.348 e. The third-order valence-electron chi connectivity index (χ3n) is 5.30. The largest absolute Gasteiger partial charge is 0.348 e. The lowest BCUT2D eigenvalue weighted by Gasteiger charge is -2.18. The number of anilines is 1. The molecule has 0 fully saturated rings. The number of nitrogens with zero attached hydrogens (tertiary/aromatic N) is 1. The molecule has 3 aromatic rings. The highest BCUT2D eigenvalue weighted by atomic mass is 16.2. The number of aryl methyl sites for hydroxylation is 1. The van der Waals surface area contributed by atoms with Crippen molar-refractivity contribution >= 4 is 17.5 Å². The van der Waals surface area contributed by atoms with Crippen LogP contribution in [0.15, 0.2) is 65.6 Å². The summed E-state index contributed by atoms with van der Waals surface area (Å²) in [7, 11) is 0. The number of pyridine rings is 1. The molecule has 29 heavy (non-hydrogen) atoms. The summed E-state index contributed by atoms with van der Waals surface area (Å²) in [4.78, 5) is 37.7. The predicted molar refractivity (Wildman–Crippen MR) is 111 cm³/mol. The molecule has 0 saturated heterocycles. The maximum absolute atomic E-state index is 13.1. The average Bonchev–Trinajstić information content (AvgIpc) is 3.08. The molecule has 1 unspecified atom stereocenters. The first-order valence-corrected chi connectivity index (χ1v) is 9.45. The van der Waals surface area contributed by atoms with Gasteiger partial charge in [-0.1, -0.05) is 30.3 Å². The number of carbonyl (C=O) groups is 2. The molecular formula is C23H21N3O3. The summed E-state index contributed by atoms with van der Waals surface area (Å²) < 4.78 is 1.57. The molecule has 0 spiro atoms. The summed E-state index contributed by atoms with van der Waals surface area (Å²) in [6.45, 7) is 4.11. The highest BCUT2D eigenvalue weighted by Gasteiger charge is 2.21. The van der Waals surface area contributed by atoms with Gasteiger partial charge in [0.2, 0.25) is 0 Å². The van der Waals surface area contributed by atoms with E-state index in [1.165, 1.54) is 0 Å². The van der Waals surface area contributed by atoms with E-state index in [1.54, 1.807) is 42.0 Å². The molecule has 2 heterocycles. The summed E-state index contributed by atoms with van der Waals surface area (Å²) in [5.74, 6) is -0.575. The number of hydrogen-bond acceptors (Lipinski definition) is 3. The quantitative estimate of drug-likeness (QED) is 0.721. The Bertz CT molecular complexity index is 1170. The number of hydrogen-bond donors (Lipinski definition) is 2. The molecule has 1 atom stereocenters. The Morgan fingerprint density at radius 2 is 1.86 bits per heavy atom. The van der Waals surface area contributed by atoms with Gasteiger partial charge in [-0.25, -0.2) is 0 Å². The summed E-state index contributed by atoms with van der Waals surface area (Å²) in [5.41, 5.74) is 3.37. The maximum Gasteiger partial charge on any atom is 0.264 e. The van der Waals surface area contributed by atoms with Gasteiger partial charge in [0.15, 0.2) is 0 Å². The molecule has 1 aromatic heterocycles. The van der Waals surface area contributed by atoms with Gasteiger partial charge in [-0.15, -0.1) is 0 Å². The molecule has 2 aromatic carbocycles. The Labute approximate surface area is 168 Å². The predicted octanol–water partition coefficient (Wildman–Crippen LogP) is 3.26. The number of carbonyl (C=O) groups excluding carboxylic acids is 2. The van der Waals surface area contributed by atoms with Gasteiger partial charge in [0, 0.05) is 24.0 Å². The summed E-state index contributed by atoms with van der Waals surface area (Å²) in [6.07, 6.45) is 1.72. The number of nitrogens with one attached hydrogen (secondary N) is 2. The zero-order chi connectivity index (χ0) is 20.5. The minimum absolute atomic E-state index is 0.116. The Morgan fingerprint density at radius 1 is 1.10 bits per heavy atom. The molecule has 0 radical (unpaired) electrons. The van der Waals surface area contributed by atoms with Crippen molar-refractivity contribution in [3.8, 4) is 0 Å². The van der Waals surface area contributed by atoms with Crippen molar-refractivity contribution in [2.45, 2.75) is 26.4 Å². The topological polar surface area (TPSA) is 80.2 Å². The molecule has 0 saturated carbocycles. The third kappa shape index (κ3) is 3.45. The maximum atomic E-state index is 13.1. The van der Waals surface area contributed by atoms with Crippen molar-refractivity contribution in [1.29, 1.82) is 0 Å². The van der Waals surface area contributed by atoms with E-state index >= 15 is 0 Å². The van der Waals surface area contributed by atoms with Gasteiger partial charge in [-0.3, -0.25) is 14.4 Å². The SMILES string of the molecule is Cc1ccn(C(C)c2ccccc2)c(=O)c1C(=O)Nc1ccc2c(c1)CNC2=O. The van der Waals surface area contributed by atoms with Crippen LogP contribution in [0, 0.1) is 6.92 Å². The van der Waals surface area contributed by atoms with Crippen LogP contribution in [0.4, 0.5) is 5.69 Å². The van der Waals surface area contributed by atoms with Crippen LogP contribution in [-0.2, 0) is 6.54 Å². The van der Waals surface area contributed by atoms with Gasteiger partial charge in [-0.05, 0) is 54.8 Å². The van der Waals surface area contributed by atoms with E-state index in [2.05, 4.69) is 10.6 Å². The summed E-state index contributed by atoms with van der Waals surface area (Å²) in [6, 6.07) is 16.4. The Hall–Kier alpha value is -3.67. The fourth-order valence-corrected chi connectivity index (χ4v) is 3.62. The van der Waals surface area contributed by atoms with E-state index < -0.39 is 5.91 Å². The van der Waals surface area contributed by atoms with Crippen molar-refractivity contribution in [2.24, 2.45) is 0 Å². The molecule has 0 aliphatic carbocycles. The van der Waals surface area contributed by atoms with E-state index in [1.807, 2.05) is 37.3 Å². The Balaban J connectivity index is 1.65. The number of aromatic nitrogens is 1. The zero-order valence-corrected chi connectivity index (χ0v) is 16.2. The number of benzene rings is 2. The van der Waals surface area contributed by atoms with Crippen LogP contribution in [0.1, 0.15) is 50.4 Å². The van der Waals surface area contributed by atoms with Gasteiger partial charge < -0.3 is 15.2 Å². The highest BCUT2D eigenvalue weighted by Crippen LogP contribution is 2.21. The molecule has 2 N–H and O–H groups in total. The Kier molecular flexibility index (Phi) is 4.76. The van der Waals surface area contributed by atoms with Crippen LogP contribution < -0.4 is 16.2 Å². The first-order chi connectivity index (χ1) is 14.0. The van der Waals surface area contributed by atoms with E-state index in [-0.39, 0.29) is 23.1 Å². The van der Waals surface area contributed by atoms with Crippen molar-refractivity contribution < 1.29 is 9.59 Å². The number of amides is 2. The number of rotatable bonds is 4. The molecule has 146 valence electrons. The zero-order valence-electron chi connectivity index (χ0n) is 16.2. The first-order valence-electron chi connectivity index (χ1n) is 9.45. The van der Waals surface area contributed by atoms with Gasteiger partial charge in [0.05, 0.1) is 6.04 Å². The van der Waals surface area contributed by atoms with Crippen molar-refractivity contribution in [1.82, 2.24) is 9.88 Å². The van der Waals surface area contributed by atoms with E-state index in [0.29, 0.717) is 23.4 Å². The fourth-order valence-electron chi connectivity index (χ4n) is 3.62. The van der Waals surface area contributed by atoms with E-state index in [9.17, 15) is 14.4 Å². The van der Waals surface area contributed by atoms with Gasteiger partial charge in [0.1, 0.15) is 5.56 Å². The molecule has 0 bridgehead atoms. The normalized spacial score (nSPS) is 13.5. The van der Waals surface area contributed by atoms with Gasteiger partial charge in [0.25, 0.3) is 17.4 Å². The molecular weight excluding hydrogens is 366 g/mol. The van der Waals surface area contributed by atoms with Crippen LogP contribution in [0.25, 0.3) is 0 Å². The lowest BCUT2D eigenvalue weighted by molar-refractivity contribution is 0.0964. The first kappa shape index (κ1) is 18.7. The molecule has 1 aliphatic rings. The standard InChI is InChI=1S/C23H21N3O3/c1-14-10-11-26(15(2)16-6-4-3-5-7-16)23(29)20(14)22(28)25-18-8-9-19-17(12-18)13-24-21(19)27/h3-12,15H,13H2,1-2H3,(H,24,27)(H,25,28). The monoisotopic (exact) mass is 387 g/mol. The Morgan fingerprint density at radius 3 is 2.62 bits per heavy atom. The molecule has 2 amide bonds. The second-order valence-electron chi connectivity index (χ2n) is 7.18. The highest BCUT2D eigenvalue weighted by molar-refractivity contribution is 6.05. The van der Waals surface area contributed by atoms with E-state index in [4.69, 9.17) is 0 Å². The number of fused-ring (bicyclic) bond motifs is 1. The van der Waals surface area contributed by atoms with Gasteiger partial charge >= 0.3 is 0 Å².